The molecule has 0 saturated heterocycles. The van der Waals surface area contributed by atoms with E-state index in [1.807, 2.05) is 45.2 Å². The molecular weight excluding hydrogens is 460 g/mol. The zero-order chi connectivity index (χ0) is 13.7. The number of carbonyl (C=O) groups is 1. The van der Waals surface area contributed by atoms with Crippen LogP contribution in [0.1, 0.15) is 48.0 Å². The Morgan fingerprint density at radius 1 is 1.44 bits per heavy atom. The van der Waals surface area contributed by atoms with E-state index in [0.717, 1.165) is 12.1 Å². The highest BCUT2D eigenvalue weighted by Gasteiger charge is 2.35. The number of carboxylic acids is 1. The number of aromatic nitrogens is 1. The third-order valence-electron chi connectivity index (χ3n) is 3.15. The van der Waals surface area contributed by atoms with Crippen molar-refractivity contribution in [2.75, 3.05) is 0 Å². The number of fused-ring (bicyclic) bond motifs is 1. The fourth-order valence-electron chi connectivity index (χ4n) is 2.39. The molecule has 0 radical (unpaired) electrons. The molecule has 2 rings (SSSR count). The Morgan fingerprint density at radius 2 is 2.06 bits per heavy atom. The fraction of sp³-hybridized carbons (Fsp3) is 0.500. The lowest BCUT2D eigenvalue weighted by atomic mass is 9.75. The van der Waals surface area contributed by atoms with Crippen molar-refractivity contribution in [2.24, 2.45) is 5.41 Å². The van der Waals surface area contributed by atoms with E-state index >= 15 is 0 Å². The lowest BCUT2D eigenvalue weighted by molar-refractivity contribution is 0.0691. The molecule has 18 heavy (non-hydrogen) atoms. The van der Waals surface area contributed by atoms with Crippen LogP contribution in [0.3, 0.4) is 0 Å². The Kier molecular flexibility index (Phi) is 3.90. The highest BCUT2D eigenvalue weighted by Crippen LogP contribution is 2.42. The molecule has 1 aromatic heterocycles. The maximum atomic E-state index is 11.2. The number of rotatable bonds is 1. The highest BCUT2D eigenvalue weighted by atomic mass is 127. The smallest absolute Gasteiger partial charge is 0.339 e. The van der Waals surface area contributed by atoms with Crippen molar-refractivity contribution >= 4 is 51.2 Å². The van der Waals surface area contributed by atoms with E-state index in [9.17, 15) is 15.0 Å². The van der Waals surface area contributed by atoms with Gasteiger partial charge in [0.15, 0.2) is 0 Å². The number of carboxylic acid groups (broad SMARTS) is 1. The van der Waals surface area contributed by atoms with Crippen molar-refractivity contribution in [3.8, 4) is 0 Å². The van der Waals surface area contributed by atoms with Crippen molar-refractivity contribution in [3.63, 3.8) is 0 Å². The van der Waals surface area contributed by atoms with Gasteiger partial charge in [-0.2, -0.15) is 0 Å². The predicted molar refractivity (Wildman–Crippen MR) is 83.7 cm³/mol. The zero-order valence-electron chi connectivity index (χ0n) is 10.00. The normalized spacial score (nSPS) is 21.5. The minimum atomic E-state index is -0.990. The largest absolute Gasteiger partial charge is 0.478 e. The minimum Gasteiger partial charge on any atom is -0.478 e. The Labute approximate surface area is 132 Å². The van der Waals surface area contributed by atoms with Gasteiger partial charge in [0.1, 0.15) is 9.26 Å². The molecule has 0 bridgehead atoms. The van der Waals surface area contributed by atoms with Crippen LogP contribution in [-0.2, 0) is 6.42 Å². The van der Waals surface area contributed by atoms with E-state index in [4.69, 9.17) is 0 Å². The molecule has 4 nitrogen and oxygen atoms in total. The average molecular weight is 473 g/mol. The second kappa shape index (κ2) is 4.86. The Balaban J connectivity index is 2.66. The molecule has 0 aliphatic heterocycles. The molecule has 1 aromatic rings. The minimum absolute atomic E-state index is 0.00365. The number of halogens is 2. The lowest BCUT2D eigenvalue weighted by Gasteiger charge is -2.34. The standard InChI is InChI=1S/C12H13I2NO3/c1-12(2)3-5-7(6(16)4-12)9(13)8(11(17)18)10(14)15-5/h6,16H,3-4H2,1-2H3,(H,17,18). The fourth-order valence-corrected chi connectivity index (χ4v) is 4.86. The molecule has 1 aliphatic rings. The Morgan fingerprint density at radius 3 is 2.61 bits per heavy atom. The van der Waals surface area contributed by atoms with Gasteiger partial charge in [-0.1, -0.05) is 13.8 Å². The van der Waals surface area contributed by atoms with Crippen molar-refractivity contribution in [1.29, 1.82) is 0 Å². The van der Waals surface area contributed by atoms with Crippen molar-refractivity contribution < 1.29 is 15.0 Å². The van der Waals surface area contributed by atoms with Crippen LogP contribution in [0.2, 0.25) is 0 Å². The quantitative estimate of drug-likeness (QED) is 0.487. The van der Waals surface area contributed by atoms with Crippen molar-refractivity contribution in [1.82, 2.24) is 4.98 Å². The van der Waals surface area contributed by atoms with Crippen molar-refractivity contribution in [2.45, 2.75) is 32.8 Å². The number of hydrogen-bond acceptors (Lipinski definition) is 3. The van der Waals surface area contributed by atoms with Crippen LogP contribution >= 0.6 is 45.2 Å². The first-order valence-electron chi connectivity index (χ1n) is 5.52. The monoisotopic (exact) mass is 473 g/mol. The molecule has 6 heteroatoms. The molecule has 0 spiro atoms. The maximum absolute atomic E-state index is 11.2. The van der Waals surface area contributed by atoms with E-state index in [1.54, 1.807) is 0 Å². The van der Waals surface area contributed by atoms with Crippen LogP contribution < -0.4 is 0 Å². The van der Waals surface area contributed by atoms with Gasteiger partial charge in [0.05, 0.1) is 6.10 Å². The number of aromatic carboxylic acids is 1. The van der Waals surface area contributed by atoms with Crippen LogP contribution in [0.25, 0.3) is 0 Å². The molecule has 0 amide bonds. The van der Waals surface area contributed by atoms with E-state index in [-0.39, 0.29) is 11.0 Å². The van der Waals surface area contributed by atoms with Gasteiger partial charge in [0, 0.05) is 14.8 Å². The third-order valence-corrected chi connectivity index (χ3v) is 5.05. The van der Waals surface area contributed by atoms with Crippen molar-refractivity contribution in [3.05, 3.63) is 24.1 Å². The lowest BCUT2D eigenvalue weighted by Crippen LogP contribution is -2.28. The molecule has 1 heterocycles. The predicted octanol–water partition coefficient (Wildman–Crippen LogP) is 2.99. The topological polar surface area (TPSA) is 70.4 Å². The SMILES string of the molecule is CC1(C)Cc2nc(I)c(C(=O)O)c(I)c2C(O)C1. The van der Waals surface area contributed by atoms with Gasteiger partial charge in [-0.15, -0.1) is 0 Å². The number of aliphatic hydroxyl groups is 1. The van der Waals surface area contributed by atoms with Gasteiger partial charge in [-0.05, 0) is 63.4 Å². The number of hydrogen-bond donors (Lipinski definition) is 2. The van der Waals surface area contributed by atoms with Crippen LogP contribution in [0.15, 0.2) is 0 Å². The van der Waals surface area contributed by atoms with Gasteiger partial charge >= 0.3 is 5.97 Å². The van der Waals surface area contributed by atoms with Gasteiger partial charge < -0.3 is 10.2 Å². The van der Waals surface area contributed by atoms with Crippen LogP contribution in [-0.4, -0.2) is 21.2 Å². The maximum Gasteiger partial charge on any atom is 0.339 e. The second-order valence-electron chi connectivity index (χ2n) is 5.32. The van der Waals surface area contributed by atoms with Gasteiger partial charge in [-0.3, -0.25) is 0 Å². The molecule has 1 unspecified atom stereocenters. The number of aliphatic hydroxyl groups excluding tert-OH is 1. The van der Waals surface area contributed by atoms with E-state index in [0.29, 0.717) is 19.3 Å². The first-order chi connectivity index (χ1) is 8.23. The molecular formula is C12H13I2NO3. The summed E-state index contributed by atoms with van der Waals surface area (Å²) in [6, 6.07) is 0. The summed E-state index contributed by atoms with van der Waals surface area (Å²) in [4.78, 5) is 15.6. The molecule has 0 saturated carbocycles. The zero-order valence-corrected chi connectivity index (χ0v) is 14.3. The summed E-state index contributed by atoms with van der Waals surface area (Å²) in [5, 5.41) is 19.4. The summed E-state index contributed by atoms with van der Waals surface area (Å²) in [5.41, 5.74) is 1.73. The van der Waals surface area contributed by atoms with Crippen LogP contribution in [0, 0.1) is 12.7 Å². The molecule has 0 fully saturated rings. The summed E-state index contributed by atoms with van der Waals surface area (Å²) in [7, 11) is 0. The summed E-state index contributed by atoms with van der Waals surface area (Å²) >= 11 is 3.95. The number of nitrogens with zero attached hydrogens (tertiary/aromatic N) is 1. The first-order valence-corrected chi connectivity index (χ1v) is 7.68. The van der Waals surface area contributed by atoms with E-state index in [1.165, 1.54) is 0 Å². The van der Waals surface area contributed by atoms with Gasteiger partial charge in [-0.25, -0.2) is 9.78 Å². The van der Waals surface area contributed by atoms with E-state index in [2.05, 4.69) is 18.8 Å². The van der Waals surface area contributed by atoms with Crippen LogP contribution in [0.4, 0.5) is 0 Å². The summed E-state index contributed by atoms with van der Waals surface area (Å²) in [6.07, 6.45) is 0.779. The molecule has 0 aromatic carbocycles. The summed E-state index contributed by atoms with van der Waals surface area (Å²) in [5.74, 6) is -0.990. The summed E-state index contributed by atoms with van der Waals surface area (Å²) in [6.45, 7) is 4.18. The third kappa shape index (κ3) is 2.51. The van der Waals surface area contributed by atoms with Gasteiger partial charge in [0.2, 0.25) is 0 Å². The first kappa shape index (κ1) is 14.4. The second-order valence-corrected chi connectivity index (χ2v) is 7.42. The number of pyridine rings is 1. The molecule has 2 N–H and O–H groups in total. The van der Waals surface area contributed by atoms with Crippen LogP contribution in [0.5, 0.6) is 0 Å². The van der Waals surface area contributed by atoms with Gasteiger partial charge in [0.25, 0.3) is 0 Å². The highest BCUT2D eigenvalue weighted by molar-refractivity contribution is 14.1. The molecule has 1 atom stereocenters. The summed E-state index contributed by atoms with van der Waals surface area (Å²) < 4.78 is 1.12. The molecule has 1 aliphatic carbocycles. The Hall–Kier alpha value is 0.0400. The Bertz CT molecular complexity index is 529. The average Bonchev–Trinajstić information content (AvgIpc) is 2.11. The molecule has 98 valence electrons. The van der Waals surface area contributed by atoms with E-state index < -0.39 is 12.1 Å².